The Bertz CT molecular complexity index is 1200. The van der Waals surface area contributed by atoms with Crippen LogP contribution < -0.4 is 4.43 Å². The molecule has 0 fully saturated rings. The van der Waals surface area contributed by atoms with Crippen LogP contribution in [-0.4, -0.2) is 13.3 Å². The molecule has 162 valence electrons. The molecule has 0 spiro atoms. The summed E-state index contributed by atoms with van der Waals surface area (Å²) in [6.07, 6.45) is 1.85. The molecule has 5 aromatic rings. The Morgan fingerprint density at radius 2 is 1.00 bits per heavy atom. The van der Waals surface area contributed by atoms with E-state index >= 15 is 0 Å². The van der Waals surface area contributed by atoms with Crippen LogP contribution in [0.3, 0.4) is 0 Å². The van der Waals surface area contributed by atoms with Gasteiger partial charge in [-0.15, -0.1) is 0 Å². The number of nitrogens with zero attached hydrogens (tertiary/aromatic N) is 1. The minimum Gasteiger partial charge on any atom is -0.541 e. The van der Waals surface area contributed by atoms with Gasteiger partial charge in [0, 0.05) is 29.7 Å². The van der Waals surface area contributed by atoms with E-state index in [1.807, 2.05) is 12.3 Å². The molecule has 33 heavy (non-hydrogen) atoms. The molecule has 0 saturated heterocycles. The van der Waals surface area contributed by atoms with Crippen LogP contribution in [0.5, 0.6) is 5.75 Å². The van der Waals surface area contributed by atoms with Gasteiger partial charge in [-0.2, -0.15) is 0 Å². The quantitative estimate of drug-likeness (QED) is 0.242. The van der Waals surface area contributed by atoms with E-state index in [1.165, 1.54) is 16.7 Å². The Morgan fingerprint density at radius 3 is 1.52 bits per heavy atom. The van der Waals surface area contributed by atoms with Crippen LogP contribution in [0.1, 0.15) is 16.7 Å². The first-order chi connectivity index (χ1) is 16.3. The predicted molar refractivity (Wildman–Crippen MR) is 139 cm³/mol. The number of para-hydroxylation sites is 1. The normalized spacial score (nSPS) is 11.4. The third-order valence-corrected chi connectivity index (χ3v) is 9.84. The molecule has 0 amide bonds. The molecule has 0 aliphatic heterocycles. The number of pyridine rings is 1. The van der Waals surface area contributed by atoms with Crippen LogP contribution in [0.4, 0.5) is 0 Å². The first-order valence-corrected chi connectivity index (χ1v) is 14.0. The van der Waals surface area contributed by atoms with Crippen molar-refractivity contribution in [3.8, 4) is 5.75 Å². The number of benzene rings is 4. The molecule has 5 rings (SSSR count). The average Bonchev–Trinajstić information content (AvgIpc) is 2.86. The molecular formula is C30H27NOSi. The van der Waals surface area contributed by atoms with Gasteiger partial charge in [0.2, 0.25) is 0 Å². The fourth-order valence-corrected chi connectivity index (χ4v) is 8.75. The number of rotatable bonds is 8. The molecule has 0 aliphatic rings. The summed E-state index contributed by atoms with van der Waals surface area (Å²) in [6, 6.07) is 45.5. The Balaban J connectivity index is 1.63. The monoisotopic (exact) mass is 445 g/mol. The van der Waals surface area contributed by atoms with Gasteiger partial charge < -0.3 is 4.43 Å². The number of hydrogen-bond donors (Lipinski definition) is 0. The summed E-state index contributed by atoms with van der Waals surface area (Å²) in [4.78, 5) is 4.68. The first-order valence-electron chi connectivity index (χ1n) is 11.4. The van der Waals surface area contributed by atoms with Gasteiger partial charge in [-0.05, 0) is 28.8 Å². The van der Waals surface area contributed by atoms with Gasteiger partial charge >= 0.3 is 0 Å². The molecule has 4 aromatic carbocycles. The lowest BCUT2D eigenvalue weighted by atomic mass is 10.2. The van der Waals surface area contributed by atoms with Crippen LogP contribution in [-0.2, 0) is 18.1 Å². The lowest BCUT2D eigenvalue weighted by Crippen LogP contribution is -2.50. The van der Waals surface area contributed by atoms with Crippen molar-refractivity contribution in [1.82, 2.24) is 4.98 Å². The molecule has 1 aromatic heterocycles. The molecule has 2 nitrogen and oxygen atoms in total. The van der Waals surface area contributed by atoms with Crippen LogP contribution in [0.2, 0.25) is 0 Å². The summed E-state index contributed by atoms with van der Waals surface area (Å²) in [6.45, 7) is 0. The van der Waals surface area contributed by atoms with Crippen molar-refractivity contribution in [2.45, 2.75) is 18.1 Å². The summed E-state index contributed by atoms with van der Waals surface area (Å²) in [7, 11) is -2.42. The SMILES string of the molecule is c1ccc(C[Si](Cc2ccccc2)(Cc2ccccc2)Oc2cccc3cccnc23)cc1. The summed E-state index contributed by atoms with van der Waals surface area (Å²) in [5.41, 5.74) is 4.91. The zero-order chi connectivity index (χ0) is 22.3. The Kier molecular flexibility index (Phi) is 6.31. The maximum Gasteiger partial charge on any atom is 0.264 e. The van der Waals surface area contributed by atoms with E-state index in [0.29, 0.717) is 0 Å². The second-order valence-electron chi connectivity index (χ2n) is 8.60. The number of hydrogen-bond acceptors (Lipinski definition) is 2. The zero-order valence-corrected chi connectivity index (χ0v) is 19.6. The Morgan fingerprint density at radius 1 is 0.515 bits per heavy atom. The highest BCUT2D eigenvalue weighted by Crippen LogP contribution is 2.30. The summed E-state index contributed by atoms with van der Waals surface area (Å²) >= 11 is 0. The van der Waals surface area contributed by atoms with Gasteiger partial charge in [-0.25, -0.2) is 0 Å². The fourth-order valence-electron chi connectivity index (χ4n) is 4.59. The molecule has 0 radical (unpaired) electrons. The molecule has 0 atom stereocenters. The van der Waals surface area contributed by atoms with E-state index < -0.39 is 8.32 Å². The fraction of sp³-hybridized carbons (Fsp3) is 0.100. The largest absolute Gasteiger partial charge is 0.541 e. The standard InChI is InChI=1S/C30H27NOSi/c1-4-12-25(13-5-1)22-33(23-26-14-6-2-7-15-26,24-27-16-8-3-9-17-27)32-29-20-10-18-28-19-11-21-31-30(28)29/h1-21H,22-24H2. The first kappa shape index (κ1) is 21.2. The average molecular weight is 446 g/mol. The van der Waals surface area contributed by atoms with Gasteiger partial charge in [-0.1, -0.05) is 109 Å². The highest BCUT2D eigenvalue weighted by atomic mass is 28.4. The van der Waals surface area contributed by atoms with Crippen molar-refractivity contribution in [2.24, 2.45) is 0 Å². The smallest absolute Gasteiger partial charge is 0.264 e. The van der Waals surface area contributed by atoms with E-state index in [1.54, 1.807) is 0 Å². The van der Waals surface area contributed by atoms with Gasteiger partial charge in [-0.3, -0.25) is 4.98 Å². The molecule has 0 bridgehead atoms. The van der Waals surface area contributed by atoms with Crippen molar-refractivity contribution in [3.63, 3.8) is 0 Å². The summed E-state index contributed by atoms with van der Waals surface area (Å²) in [5, 5.41) is 1.11. The third-order valence-electron chi connectivity index (χ3n) is 6.03. The molecule has 0 aliphatic carbocycles. The van der Waals surface area contributed by atoms with Crippen LogP contribution >= 0.6 is 0 Å². The zero-order valence-electron chi connectivity index (χ0n) is 18.6. The topological polar surface area (TPSA) is 22.1 Å². The van der Waals surface area contributed by atoms with Gasteiger partial charge in [0.1, 0.15) is 11.3 Å². The van der Waals surface area contributed by atoms with Gasteiger partial charge in [0.25, 0.3) is 8.32 Å². The van der Waals surface area contributed by atoms with E-state index in [2.05, 4.69) is 120 Å². The maximum absolute atomic E-state index is 7.20. The van der Waals surface area contributed by atoms with E-state index in [-0.39, 0.29) is 0 Å². The van der Waals surface area contributed by atoms with Crippen molar-refractivity contribution < 1.29 is 4.43 Å². The highest BCUT2D eigenvalue weighted by Gasteiger charge is 2.38. The minimum atomic E-state index is -2.42. The predicted octanol–water partition coefficient (Wildman–Crippen LogP) is 6.90. The summed E-state index contributed by atoms with van der Waals surface area (Å²) < 4.78 is 7.20. The number of aromatic nitrogens is 1. The highest BCUT2D eigenvalue weighted by molar-refractivity contribution is 6.73. The molecule has 1 heterocycles. The van der Waals surface area contributed by atoms with E-state index in [0.717, 1.165) is 34.8 Å². The lowest BCUT2D eigenvalue weighted by molar-refractivity contribution is 0.529. The van der Waals surface area contributed by atoms with Gasteiger partial charge in [0.15, 0.2) is 0 Å². The van der Waals surface area contributed by atoms with Crippen LogP contribution in [0, 0.1) is 0 Å². The third kappa shape index (κ3) is 5.21. The summed E-state index contributed by atoms with van der Waals surface area (Å²) in [5.74, 6) is 0.891. The Hall–Kier alpha value is -3.69. The minimum absolute atomic E-state index is 0.891. The second-order valence-corrected chi connectivity index (χ2v) is 12.2. The maximum atomic E-state index is 7.20. The van der Waals surface area contributed by atoms with Crippen molar-refractivity contribution >= 4 is 19.2 Å². The van der Waals surface area contributed by atoms with Crippen LogP contribution in [0.25, 0.3) is 10.9 Å². The second kappa shape index (κ2) is 9.84. The molecule has 0 unspecified atom stereocenters. The van der Waals surface area contributed by atoms with Crippen molar-refractivity contribution in [2.75, 3.05) is 0 Å². The van der Waals surface area contributed by atoms with E-state index in [9.17, 15) is 0 Å². The lowest BCUT2D eigenvalue weighted by Gasteiger charge is -2.33. The number of fused-ring (bicyclic) bond motifs is 1. The molecule has 3 heteroatoms. The van der Waals surface area contributed by atoms with Crippen molar-refractivity contribution in [1.29, 1.82) is 0 Å². The molecule has 0 saturated carbocycles. The molecular weight excluding hydrogens is 418 g/mol. The Labute approximate surface area is 196 Å². The molecule has 0 N–H and O–H groups in total. The van der Waals surface area contributed by atoms with Gasteiger partial charge in [0.05, 0.1) is 0 Å². The van der Waals surface area contributed by atoms with E-state index in [4.69, 9.17) is 4.43 Å². The van der Waals surface area contributed by atoms with Crippen LogP contribution in [0.15, 0.2) is 128 Å². The van der Waals surface area contributed by atoms with Crippen molar-refractivity contribution in [3.05, 3.63) is 144 Å².